The second kappa shape index (κ2) is 11.4. The molecular weight excluding hydrogens is 503 g/mol. The lowest BCUT2D eigenvalue weighted by molar-refractivity contribution is 0.0694. The smallest absolute Gasteiger partial charge is 0.211 e. The molecule has 0 saturated carbocycles. The molecule has 29 heavy (non-hydrogen) atoms. The minimum Gasteiger partial charge on any atom is -0.487 e. The second-order valence-corrected chi connectivity index (χ2v) is 9.65. The van der Waals surface area contributed by atoms with Gasteiger partial charge in [-0.05, 0) is 33.3 Å². The SMILES string of the molecule is CCNC(=NCCCN(CC)S(C)(=O)=O)NC1CC(C)(C)Oc2ccccc21.I. The van der Waals surface area contributed by atoms with Crippen molar-refractivity contribution in [1.82, 2.24) is 14.9 Å². The molecule has 1 aliphatic rings. The van der Waals surface area contributed by atoms with Gasteiger partial charge in [-0.25, -0.2) is 12.7 Å². The van der Waals surface area contributed by atoms with E-state index in [-0.39, 0.29) is 35.6 Å². The van der Waals surface area contributed by atoms with Gasteiger partial charge in [-0.15, -0.1) is 24.0 Å². The van der Waals surface area contributed by atoms with Crippen LogP contribution < -0.4 is 15.4 Å². The normalized spacial score (nSPS) is 18.4. The maximum Gasteiger partial charge on any atom is 0.211 e. The number of halogens is 1. The van der Waals surface area contributed by atoms with E-state index in [1.807, 2.05) is 32.0 Å². The van der Waals surface area contributed by atoms with E-state index >= 15 is 0 Å². The Balaban J connectivity index is 0.00000420. The van der Waals surface area contributed by atoms with Crippen molar-refractivity contribution in [2.75, 3.05) is 32.4 Å². The summed E-state index contributed by atoms with van der Waals surface area (Å²) in [6.45, 7) is 10.3. The van der Waals surface area contributed by atoms with Crippen LogP contribution in [0.15, 0.2) is 29.3 Å². The average molecular weight is 538 g/mol. The zero-order valence-corrected chi connectivity index (χ0v) is 21.2. The fraction of sp³-hybridized carbons (Fsp3) is 0.650. The highest BCUT2D eigenvalue weighted by molar-refractivity contribution is 14.0. The molecule has 0 spiro atoms. The van der Waals surface area contributed by atoms with E-state index < -0.39 is 10.0 Å². The van der Waals surface area contributed by atoms with Crippen LogP contribution in [0.3, 0.4) is 0 Å². The number of guanidine groups is 1. The molecule has 0 bridgehead atoms. The van der Waals surface area contributed by atoms with E-state index in [0.717, 1.165) is 30.2 Å². The maximum atomic E-state index is 11.7. The Bertz CT molecular complexity index is 784. The van der Waals surface area contributed by atoms with Crippen LogP contribution in [0.4, 0.5) is 0 Å². The monoisotopic (exact) mass is 538 g/mol. The van der Waals surface area contributed by atoms with E-state index in [9.17, 15) is 8.42 Å². The summed E-state index contributed by atoms with van der Waals surface area (Å²) >= 11 is 0. The van der Waals surface area contributed by atoms with Crippen LogP contribution in [0.5, 0.6) is 5.75 Å². The number of aliphatic imine (C=N–C) groups is 1. The van der Waals surface area contributed by atoms with Gasteiger partial charge in [-0.2, -0.15) is 0 Å². The molecule has 9 heteroatoms. The van der Waals surface area contributed by atoms with Gasteiger partial charge in [0.05, 0.1) is 12.3 Å². The summed E-state index contributed by atoms with van der Waals surface area (Å²) in [5.74, 6) is 1.64. The lowest BCUT2D eigenvalue weighted by Crippen LogP contribution is -2.45. The first kappa shape index (κ1) is 26.0. The second-order valence-electron chi connectivity index (χ2n) is 7.67. The standard InChI is InChI=1S/C20H34N4O3S.HI/c1-6-21-19(22-13-10-14-24(7-2)28(5,25)26)23-17-15-20(3,4)27-18-12-9-8-11-16(17)18;/h8-9,11-12,17H,6-7,10,13-15H2,1-5H3,(H2,21,22,23);1H. The number of rotatable bonds is 8. The van der Waals surface area contributed by atoms with Crippen LogP contribution in [0.2, 0.25) is 0 Å². The Labute approximate surface area is 192 Å². The Morgan fingerprint density at radius 2 is 2.00 bits per heavy atom. The lowest BCUT2D eigenvalue weighted by Gasteiger charge is -2.38. The molecule has 7 nitrogen and oxygen atoms in total. The van der Waals surface area contributed by atoms with Crippen molar-refractivity contribution in [3.05, 3.63) is 29.8 Å². The van der Waals surface area contributed by atoms with Crippen molar-refractivity contribution in [2.45, 2.75) is 52.2 Å². The van der Waals surface area contributed by atoms with Gasteiger partial charge in [0.2, 0.25) is 10.0 Å². The summed E-state index contributed by atoms with van der Waals surface area (Å²) in [5.41, 5.74) is 0.863. The molecule has 0 aromatic heterocycles. The predicted molar refractivity (Wildman–Crippen MR) is 130 cm³/mol. The van der Waals surface area contributed by atoms with E-state index in [0.29, 0.717) is 26.1 Å². The number of nitrogens with zero attached hydrogens (tertiary/aromatic N) is 2. The largest absolute Gasteiger partial charge is 0.487 e. The number of benzene rings is 1. The van der Waals surface area contributed by atoms with E-state index in [2.05, 4.69) is 35.5 Å². The van der Waals surface area contributed by atoms with Gasteiger partial charge in [0.1, 0.15) is 11.4 Å². The number of hydrogen-bond acceptors (Lipinski definition) is 4. The van der Waals surface area contributed by atoms with Crippen molar-refractivity contribution < 1.29 is 13.2 Å². The van der Waals surface area contributed by atoms with E-state index in [4.69, 9.17) is 4.74 Å². The van der Waals surface area contributed by atoms with Crippen molar-refractivity contribution in [2.24, 2.45) is 4.99 Å². The lowest BCUT2D eigenvalue weighted by atomic mass is 9.90. The minimum absolute atomic E-state index is 0. The highest BCUT2D eigenvalue weighted by atomic mass is 127. The Hall–Kier alpha value is -1.07. The third-order valence-electron chi connectivity index (χ3n) is 4.69. The first-order chi connectivity index (χ1) is 13.2. The molecule has 0 radical (unpaired) electrons. The van der Waals surface area contributed by atoms with Crippen LogP contribution in [0.25, 0.3) is 0 Å². The predicted octanol–water partition coefficient (Wildman–Crippen LogP) is 3.13. The molecule has 2 rings (SSSR count). The van der Waals surface area contributed by atoms with Crippen LogP contribution in [0, 0.1) is 0 Å². The number of ether oxygens (including phenoxy) is 1. The number of sulfonamides is 1. The summed E-state index contributed by atoms with van der Waals surface area (Å²) in [7, 11) is -3.16. The summed E-state index contributed by atoms with van der Waals surface area (Å²) in [6.07, 6.45) is 2.75. The van der Waals surface area contributed by atoms with Gasteiger partial charge in [0.25, 0.3) is 0 Å². The van der Waals surface area contributed by atoms with Crippen LogP contribution in [-0.4, -0.2) is 56.7 Å². The molecule has 0 aliphatic carbocycles. The maximum absolute atomic E-state index is 11.7. The Morgan fingerprint density at radius 1 is 1.31 bits per heavy atom. The Morgan fingerprint density at radius 3 is 2.62 bits per heavy atom. The summed E-state index contributed by atoms with van der Waals surface area (Å²) in [4.78, 5) is 4.65. The zero-order valence-electron chi connectivity index (χ0n) is 18.1. The molecular formula is C20H35IN4O3S. The quantitative estimate of drug-likeness (QED) is 0.230. The highest BCUT2D eigenvalue weighted by Gasteiger charge is 2.33. The molecule has 2 N–H and O–H groups in total. The van der Waals surface area contributed by atoms with Gasteiger partial charge in [-0.1, -0.05) is 25.1 Å². The van der Waals surface area contributed by atoms with Crippen LogP contribution >= 0.6 is 24.0 Å². The molecule has 1 unspecified atom stereocenters. The molecule has 1 aliphatic heterocycles. The third kappa shape index (κ3) is 7.93. The number of hydrogen-bond donors (Lipinski definition) is 2. The van der Waals surface area contributed by atoms with E-state index in [1.54, 1.807) is 0 Å². The van der Waals surface area contributed by atoms with Gasteiger partial charge >= 0.3 is 0 Å². The fourth-order valence-electron chi connectivity index (χ4n) is 3.41. The fourth-order valence-corrected chi connectivity index (χ4v) is 4.34. The first-order valence-corrected chi connectivity index (χ1v) is 11.8. The molecule has 0 fully saturated rings. The summed E-state index contributed by atoms with van der Waals surface area (Å²) in [5, 5.41) is 6.81. The van der Waals surface area contributed by atoms with E-state index in [1.165, 1.54) is 10.6 Å². The van der Waals surface area contributed by atoms with Gasteiger partial charge < -0.3 is 15.4 Å². The van der Waals surface area contributed by atoms with Crippen molar-refractivity contribution in [3.63, 3.8) is 0 Å². The van der Waals surface area contributed by atoms with Crippen molar-refractivity contribution in [1.29, 1.82) is 0 Å². The van der Waals surface area contributed by atoms with Crippen molar-refractivity contribution in [3.8, 4) is 5.75 Å². The molecule has 166 valence electrons. The summed E-state index contributed by atoms with van der Waals surface area (Å²) < 4.78 is 30.9. The van der Waals surface area contributed by atoms with Gasteiger partial charge in [0, 0.05) is 38.2 Å². The molecule has 1 aromatic carbocycles. The van der Waals surface area contributed by atoms with Crippen molar-refractivity contribution >= 4 is 40.0 Å². The number of fused-ring (bicyclic) bond motifs is 1. The average Bonchev–Trinajstić information content (AvgIpc) is 2.59. The molecule has 1 heterocycles. The highest BCUT2D eigenvalue weighted by Crippen LogP contribution is 2.39. The molecule has 0 amide bonds. The number of para-hydroxylation sites is 1. The van der Waals surface area contributed by atoms with Gasteiger partial charge in [-0.3, -0.25) is 4.99 Å². The minimum atomic E-state index is -3.16. The molecule has 0 saturated heterocycles. The third-order valence-corrected chi connectivity index (χ3v) is 6.07. The zero-order chi connectivity index (χ0) is 20.8. The van der Waals surface area contributed by atoms with Crippen LogP contribution in [0.1, 0.15) is 52.1 Å². The first-order valence-electron chi connectivity index (χ1n) is 9.94. The number of nitrogens with one attached hydrogen (secondary N) is 2. The van der Waals surface area contributed by atoms with Crippen LogP contribution in [-0.2, 0) is 10.0 Å². The molecule has 1 atom stereocenters. The molecule has 1 aromatic rings. The van der Waals surface area contributed by atoms with Gasteiger partial charge in [0.15, 0.2) is 5.96 Å². The topological polar surface area (TPSA) is 83.0 Å². The Kier molecular flexibility index (Phi) is 10.2. The summed E-state index contributed by atoms with van der Waals surface area (Å²) in [6, 6.07) is 8.18.